The van der Waals surface area contributed by atoms with Gasteiger partial charge in [0.05, 0.1) is 6.61 Å². The van der Waals surface area contributed by atoms with Crippen LogP contribution in [0.2, 0.25) is 0 Å². The maximum absolute atomic E-state index is 8.65. The molecule has 10 heavy (non-hydrogen) atoms. The maximum atomic E-state index is 8.65. The highest BCUT2D eigenvalue weighted by molar-refractivity contribution is 8.00. The zero-order chi connectivity index (χ0) is 7.40. The van der Waals surface area contributed by atoms with E-state index in [0.29, 0.717) is 6.61 Å². The van der Waals surface area contributed by atoms with Gasteiger partial charge in [-0.2, -0.15) is 0 Å². The van der Waals surface area contributed by atoms with E-state index in [4.69, 9.17) is 14.6 Å². The second kappa shape index (κ2) is 4.18. The van der Waals surface area contributed by atoms with Crippen LogP contribution in [-0.4, -0.2) is 35.8 Å². The Hall–Kier alpha value is 0.230. The molecule has 1 unspecified atom stereocenters. The van der Waals surface area contributed by atoms with Crippen LogP contribution in [0.1, 0.15) is 6.92 Å². The number of thioether (sulfide) groups is 1. The topological polar surface area (TPSA) is 38.7 Å². The third-order valence-electron chi connectivity index (χ3n) is 1.22. The summed E-state index contributed by atoms with van der Waals surface area (Å²) in [6, 6.07) is 0. The Kier molecular flexibility index (Phi) is 3.48. The van der Waals surface area contributed by atoms with Crippen LogP contribution in [-0.2, 0) is 9.47 Å². The SMILES string of the molecule is CCOC1CS[C@@H](CO)O1. The Morgan fingerprint density at radius 1 is 1.80 bits per heavy atom. The summed E-state index contributed by atoms with van der Waals surface area (Å²) in [5.74, 6) is 0.832. The van der Waals surface area contributed by atoms with E-state index in [2.05, 4.69) is 0 Å². The second-order valence-corrected chi connectivity index (χ2v) is 3.16. The first-order valence-corrected chi connectivity index (χ1v) is 4.41. The Morgan fingerprint density at radius 3 is 3.10 bits per heavy atom. The van der Waals surface area contributed by atoms with E-state index >= 15 is 0 Å². The van der Waals surface area contributed by atoms with Gasteiger partial charge in [-0.1, -0.05) is 0 Å². The number of aliphatic hydroxyl groups excluding tert-OH is 1. The van der Waals surface area contributed by atoms with Gasteiger partial charge in [0.25, 0.3) is 0 Å². The van der Waals surface area contributed by atoms with Crippen molar-refractivity contribution in [2.75, 3.05) is 19.0 Å². The van der Waals surface area contributed by atoms with Gasteiger partial charge in [0.15, 0.2) is 6.29 Å². The lowest BCUT2D eigenvalue weighted by Gasteiger charge is -2.09. The van der Waals surface area contributed by atoms with Crippen molar-refractivity contribution in [1.29, 1.82) is 0 Å². The molecule has 1 N–H and O–H groups in total. The summed E-state index contributed by atoms with van der Waals surface area (Å²) in [6.45, 7) is 2.68. The van der Waals surface area contributed by atoms with Crippen molar-refractivity contribution in [2.45, 2.75) is 18.6 Å². The third kappa shape index (κ3) is 2.12. The molecule has 2 atom stereocenters. The molecular weight excluding hydrogens is 152 g/mol. The molecule has 1 fully saturated rings. The summed E-state index contributed by atoms with van der Waals surface area (Å²) in [7, 11) is 0. The van der Waals surface area contributed by atoms with E-state index in [9.17, 15) is 0 Å². The molecule has 1 rings (SSSR count). The number of hydrogen-bond acceptors (Lipinski definition) is 4. The van der Waals surface area contributed by atoms with Gasteiger partial charge in [0, 0.05) is 12.4 Å². The molecule has 0 spiro atoms. The fraction of sp³-hybridized carbons (Fsp3) is 1.00. The van der Waals surface area contributed by atoms with Gasteiger partial charge in [-0.25, -0.2) is 0 Å². The smallest absolute Gasteiger partial charge is 0.168 e. The molecular formula is C6H12O3S. The Morgan fingerprint density at radius 2 is 2.60 bits per heavy atom. The van der Waals surface area contributed by atoms with E-state index < -0.39 is 0 Å². The molecule has 0 aromatic carbocycles. The molecule has 1 heterocycles. The molecule has 0 radical (unpaired) electrons. The quantitative estimate of drug-likeness (QED) is 0.656. The van der Waals surface area contributed by atoms with Crippen LogP contribution < -0.4 is 0 Å². The zero-order valence-corrected chi connectivity index (χ0v) is 6.76. The fourth-order valence-corrected chi connectivity index (χ4v) is 1.66. The summed E-state index contributed by atoms with van der Waals surface area (Å²) in [6.07, 6.45) is -0.104. The van der Waals surface area contributed by atoms with Crippen LogP contribution in [0.4, 0.5) is 0 Å². The van der Waals surface area contributed by atoms with E-state index in [1.165, 1.54) is 0 Å². The first-order chi connectivity index (χ1) is 4.86. The van der Waals surface area contributed by atoms with Crippen molar-refractivity contribution >= 4 is 11.8 Å². The molecule has 1 saturated heterocycles. The Balaban J connectivity index is 2.15. The van der Waals surface area contributed by atoms with Gasteiger partial charge in [0.1, 0.15) is 5.44 Å². The number of rotatable bonds is 3. The van der Waals surface area contributed by atoms with Gasteiger partial charge in [0.2, 0.25) is 0 Å². The van der Waals surface area contributed by atoms with E-state index in [1.807, 2.05) is 6.92 Å². The lowest BCUT2D eigenvalue weighted by atomic mass is 10.7. The molecule has 4 heteroatoms. The van der Waals surface area contributed by atoms with Crippen LogP contribution in [0.25, 0.3) is 0 Å². The Bertz CT molecular complexity index is 99.0. The van der Waals surface area contributed by atoms with Crippen molar-refractivity contribution in [3.63, 3.8) is 0 Å². The Labute approximate surface area is 64.7 Å². The average molecular weight is 164 g/mol. The normalized spacial score (nSPS) is 33.0. The minimum absolute atomic E-state index is 0.0726. The zero-order valence-electron chi connectivity index (χ0n) is 5.95. The molecule has 0 aliphatic carbocycles. The van der Waals surface area contributed by atoms with E-state index in [-0.39, 0.29) is 18.3 Å². The lowest BCUT2D eigenvalue weighted by molar-refractivity contribution is -0.128. The lowest BCUT2D eigenvalue weighted by Crippen LogP contribution is -2.17. The van der Waals surface area contributed by atoms with Crippen molar-refractivity contribution in [3.05, 3.63) is 0 Å². The first kappa shape index (κ1) is 8.33. The van der Waals surface area contributed by atoms with Crippen LogP contribution >= 0.6 is 11.8 Å². The number of ether oxygens (including phenoxy) is 2. The van der Waals surface area contributed by atoms with Crippen LogP contribution in [0.15, 0.2) is 0 Å². The fourth-order valence-electron chi connectivity index (χ4n) is 0.803. The largest absolute Gasteiger partial charge is 0.393 e. The third-order valence-corrected chi connectivity index (χ3v) is 2.32. The van der Waals surface area contributed by atoms with Gasteiger partial charge < -0.3 is 14.6 Å². The molecule has 0 aromatic heterocycles. The first-order valence-electron chi connectivity index (χ1n) is 3.36. The van der Waals surface area contributed by atoms with Crippen molar-refractivity contribution in [2.24, 2.45) is 0 Å². The highest BCUT2D eigenvalue weighted by Gasteiger charge is 2.24. The highest BCUT2D eigenvalue weighted by Crippen LogP contribution is 2.24. The second-order valence-electron chi connectivity index (χ2n) is 1.97. The monoisotopic (exact) mass is 164 g/mol. The highest BCUT2D eigenvalue weighted by atomic mass is 32.2. The molecule has 60 valence electrons. The van der Waals surface area contributed by atoms with Crippen molar-refractivity contribution in [1.82, 2.24) is 0 Å². The summed E-state index contributed by atoms with van der Waals surface area (Å²) >= 11 is 1.59. The molecule has 0 saturated carbocycles. The minimum atomic E-state index is -0.104. The standard InChI is InChI=1S/C6H12O3S/c1-2-8-5-4-10-6(3-7)9-5/h5-7H,2-4H2,1H3/t5?,6-/m0/s1. The average Bonchev–Trinajstić information content (AvgIpc) is 2.37. The predicted molar refractivity (Wildman–Crippen MR) is 39.8 cm³/mol. The molecule has 1 aliphatic rings. The van der Waals surface area contributed by atoms with Crippen LogP contribution in [0.3, 0.4) is 0 Å². The van der Waals surface area contributed by atoms with Gasteiger partial charge in [-0.15, -0.1) is 11.8 Å². The van der Waals surface area contributed by atoms with Crippen LogP contribution in [0.5, 0.6) is 0 Å². The summed E-state index contributed by atoms with van der Waals surface area (Å²) in [5.41, 5.74) is -0.0726. The van der Waals surface area contributed by atoms with E-state index in [1.54, 1.807) is 11.8 Å². The van der Waals surface area contributed by atoms with Crippen LogP contribution in [0, 0.1) is 0 Å². The molecule has 1 aliphatic heterocycles. The van der Waals surface area contributed by atoms with Gasteiger partial charge in [-0.05, 0) is 6.92 Å². The summed E-state index contributed by atoms with van der Waals surface area (Å²) in [5, 5.41) is 8.65. The van der Waals surface area contributed by atoms with Gasteiger partial charge >= 0.3 is 0 Å². The molecule has 0 amide bonds. The molecule has 0 aromatic rings. The van der Waals surface area contributed by atoms with Crippen molar-refractivity contribution < 1.29 is 14.6 Å². The number of aliphatic hydroxyl groups is 1. The van der Waals surface area contributed by atoms with E-state index in [0.717, 1.165) is 5.75 Å². The minimum Gasteiger partial charge on any atom is -0.393 e. The number of hydrogen-bond donors (Lipinski definition) is 1. The van der Waals surface area contributed by atoms with Crippen molar-refractivity contribution in [3.8, 4) is 0 Å². The summed E-state index contributed by atoms with van der Waals surface area (Å²) in [4.78, 5) is 0. The molecule has 3 nitrogen and oxygen atoms in total. The predicted octanol–water partition coefficient (Wildman–Crippen LogP) is 0.431. The van der Waals surface area contributed by atoms with Gasteiger partial charge in [-0.3, -0.25) is 0 Å². The maximum Gasteiger partial charge on any atom is 0.168 e. The summed E-state index contributed by atoms with van der Waals surface area (Å²) < 4.78 is 10.4. The molecule has 0 bridgehead atoms.